The van der Waals surface area contributed by atoms with Crippen molar-refractivity contribution in [2.45, 2.75) is 58.7 Å². The third-order valence-corrected chi connectivity index (χ3v) is 3.90. The van der Waals surface area contributed by atoms with Gasteiger partial charge in [0.15, 0.2) is 0 Å². The van der Waals surface area contributed by atoms with Crippen LogP contribution in [-0.4, -0.2) is 28.1 Å². The van der Waals surface area contributed by atoms with Gasteiger partial charge in [-0.1, -0.05) is 6.42 Å². The van der Waals surface area contributed by atoms with E-state index in [0.29, 0.717) is 12.1 Å². The van der Waals surface area contributed by atoms with E-state index in [1.165, 1.54) is 25.8 Å². The van der Waals surface area contributed by atoms with Gasteiger partial charge in [0, 0.05) is 30.9 Å². The number of nitrogens with zero attached hydrogens (tertiary/aromatic N) is 2. The lowest BCUT2D eigenvalue weighted by atomic mass is 10.00. The number of hydrogen-bond acceptors (Lipinski definition) is 2. The zero-order valence-electron chi connectivity index (χ0n) is 11.7. The highest BCUT2D eigenvalue weighted by atomic mass is 16.1. The maximum absolute atomic E-state index is 11.9. The SMILES string of the molecule is Cc1ccn(CC2CCCCN2C(C)C)c(=O)c1. The zero-order valence-corrected chi connectivity index (χ0v) is 11.7. The lowest BCUT2D eigenvalue weighted by Gasteiger charge is -2.38. The monoisotopic (exact) mass is 248 g/mol. The van der Waals surface area contributed by atoms with E-state index in [1.807, 2.05) is 23.8 Å². The maximum atomic E-state index is 11.9. The van der Waals surface area contributed by atoms with Crippen molar-refractivity contribution in [2.75, 3.05) is 6.54 Å². The second kappa shape index (κ2) is 5.70. The summed E-state index contributed by atoms with van der Waals surface area (Å²) in [5.41, 5.74) is 1.17. The van der Waals surface area contributed by atoms with Crippen LogP contribution < -0.4 is 5.56 Å². The number of aromatic nitrogens is 1. The Hall–Kier alpha value is -1.09. The summed E-state index contributed by atoms with van der Waals surface area (Å²) < 4.78 is 1.86. The average Bonchev–Trinajstić information content (AvgIpc) is 2.33. The molecule has 3 nitrogen and oxygen atoms in total. The Bertz CT molecular complexity index is 450. The van der Waals surface area contributed by atoms with Crippen LogP contribution in [-0.2, 0) is 6.54 Å². The first kappa shape index (κ1) is 13.3. The van der Waals surface area contributed by atoms with Gasteiger partial charge in [0.1, 0.15) is 0 Å². The van der Waals surface area contributed by atoms with Crippen LogP contribution >= 0.6 is 0 Å². The minimum atomic E-state index is 0.129. The molecule has 100 valence electrons. The predicted octanol–water partition coefficient (Wildman–Crippen LogP) is 2.42. The van der Waals surface area contributed by atoms with Crippen molar-refractivity contribution in [3.63, 3.8) is 0 Å². The third-order valence-electron chi connectivity index (χ3n) is 3.90. The number of piperidine rings is 1. The number of pyridine rings is 1. The lowest BCUT2D eigenvalue weighted by Crippen LogP contribution is -2.47. The molecule has 2 rings (SSSR count). The van der Waals surface area contributed by atoms with E-state index < -0.39 is 0 Å². The first-order chi connectivity index (χ1) is 8.58. The summed E-state index contributed by atoms with van der Waals surface area (Å²) in [4.78, 5) is 14.5. The highest BCUT2D eigenvalue weighted by molar-refractivity contribution is 5.08. The van der Waals surface area contributed by atoms with Gasteiger partial charge in [-0.25, -0.2) is 0 Å². The molecule has 0 amide bonds. The Morgan fingerprint density at radius 3 is 2.83 bits per heavy atom. The van der Waals surface area contributed by atoms with E-state index in [2.05, 4.69) is 18.7 Å². The molecule has 1 aliphatic rings. The topological polar surface area (TPSA) is 25.2 Å². The van der Waals surface area contributed by atoms with Crippen molar-refractivity contribution < 1.29 is 0 Å². The molecule has 0 saturated carbocycles. The first-order valence-electron chi connectivity index (χ1n) is 7.01. The van der Waals surface area contributed by atoms with Crippen LogP contribution in [0, 0.1) is 6.92 Å². The Morgan fingerprint density at radius 2 is 2.17 bits per heavy atom. The van der Waals surface area contributed by atoms with E-state index >= 15 is 0 Å². The quantitative estimate of drug-likeness (QED) is 0.821. The van der Waals surface area contributed by atoms with Gasteiger partial charge in [-0.15, -0.1) is 0 Å². The van der Waals surface area contributed by atoms with Crippen LogP contribution in [0.25, 0.3) is 0 Å². The molecule has 0 aromatic carbocycles. The van der Waals surface area contributed by atoms with Crippen LogP contribution in [0.3, 0.4) is 0 Å². The molecule has 0 bridgehead atoms. The summed E-state index contributed by atoms with van der Waals surface area (Å²) in [6.45, 7) is 8.46. The number of hydrogen-bond donors (Lipinski definition) is 0. The fourth-order valence-electron chi connectivity index (χ4n) is 2.88. The summed E-state index contributed by atoms with van der Waals surface area (Å²) in [7, 11) is 0. The summed E-state index contributed by atoms with van der Waals surface area (Å²) in [6.07, 6.45) is 5.72. The summed E-state index contributed by atoms with van der Waals surface area (Å²) in [6, 6.07) is 4.82. The second-order valence-corrected chi connectivity index (χ2v) is 5.68. The van der Waals surface area contributed by atoms with Crippen molar-refractivity contribution >= 4 is 0 Å². The van der Waals surface area contributed by atoms with Gasteiger partial charge in [-0.2, -0.15) is 0 Å². The van der Waals surface area contributed by atoms with Gasteiger partial charge in [0.2, 0.25) is 0 Å². The Balaban J connectivity index is 2.13. The minimum Gasteiger partial charge on any atom is -0.314 e. The van der Waals surface area contributed by atoms with Crippen LogP contribution in [0.15, 0.2) is 23.1 Å². The molecule has 1 aromatic rings. The fourth-order valence-corrected chi connectivity index (χ4v) is 2.88. The van der Waals surface area contributed by atoms with Gasteiger partial charge in [0.25, 0.3) is 5.56 Å². The van der Waals surface area contributed by atoms with E-state index in [1.54, 1.807) is 6.07 Å². The molecular formula is C15H24N2O. The van der Waals surface area contributed by atoms with E-state index in [-0.39, 0.29) is 5.56 Å². The van der Waals surface area contributed by atoms with E-state index in [4.69, 9.17) is 0 Å². The molecular weight excluding hydrogens is 224 g/mol. The largest absolute Gasteiger partial charge is 0.314 e. The van der Waals surface area contributed by atoms with Crippen molar-refractivity contribution in [3.05, 3.63) is 34.2 Å². The molecule has 2 heterocycles. The summed E-state index contributed by atoms with van der Waals surface area (Å²) >= 11 is 0. The Kier molecular flexibility index (Phi) is 4.23. The molecule has 1 saturated heterocycles. The number of aryl methyl sites for hydroxylation is 1. The van der Waals surface area contributed by atoms with Gasteiger partial charge >= 0.3 is 0 Å². The molecule has 1 unspecified atom stereocenters. The summed E-state index contributed by atoms with van der Waals surface area (Å²) in [5.74, 6) is 0. The van der Waals surface area contributed by atoms with Crippen LogP contribution in [0.1, 0.15) is 38.7 Å². The molecule has 0 aliphatic carbocycles. The molecule has 3 heteroatoms. The van der Waals surface area contributed by atoms with E-state index in [9.17, 15) is 4.79 Å². The maximum Gasteiger partial charge on any atom is 0.250 e. The fraction of sp³-hybridized carbons (Fsp3) is 0.667. The standard InChI is InChI=1S/C15H24N2O/c1-12(2)17-8-5-4-6-14(17)11-16-9-7-13(3)10-15(16)18/h7,9-10,12,14H,4-6,8,11H2,1-3H3. The van der Waals surface area contributed by atoms with Gasteiger partial charge < -0.3 is 4.57 Å². The van der Waals surface area contributed by atoms with Crippen molar-refractivity contribution in [3.8, 4) is 0 Å². The van der Waals surface area contributed by atoms with Crippen LogP contribution in [0.2, 0.25) is 0 Å². The molecule has 1 fully saturated rings. The first-order valence-corrected chi connectivity index (χ1v) is 7.01. The van der Waals surface area contributed by atoms with Crippen molar-refractivity contribution in [2.24, 2.45) is 0 Å². The molecule has 0 radical (unpaired) electrons. The van der Waals surface area contributed by atoms with Crippen molar-refractivity contribution in [1.29, 1.82) is 0 Å². The minimum absolute atomic E-state index is 0.129. The smallest absolute Gasteiger partial charge is 0.250 e. The third kappa shape index (κ3) is 3.02. The Morgan fingerprint density at radius 1 is 1.39 bits per heavy atom. The normalized spacial score (nSPS) is 21.4. The number of likely N-dealkylation sites (tertiary alicyclic amines) is 1. The molecule has 1 aromatic heterocycles. The van der Waals surface area contributed by atoms with E-state index in [0.717, 1.165) is 12.1 Å². The Labute approximate surface area is 109 Å². The number of rotatable bonds is 3. The van der Waals surface area contributed by atoms with Gasteiger partial charge in [-0.05, 0) is 51.8 Å². The second-order valence-electron chi connectivity index (χ2n) is 5.68. The zero-order chi connectivity index (χ0) is 13.1. The van der Waals surface area contributed by atoms with Crippen molar-refractivity contribution in [1.82, 2.24) is 9.47 Å². The van der Waals surface area contributed by atoms with Gasteiger partial charge in [0.05, 0.1) is 0 Å². The highest BCUT2D eigenvalue weighted by Crippen LogP contribution is 2.20. The molecule has 1 aliphatic heterocycles. The molecule has 18 heavy (non-hydrogen) atoms. The van der Waals surface area contributed by atoms with Crippen LogP contribution in [0.4, 0.5) is 0 Å². The predicted molar refractivity (Wildman–Crippen MR) is 74.9 cm³/mol. The van der Waals surface area contributed by atoms with Gasteiger partial charge in [-0.3, -0.25) is 9.69 Å². The average molecular weight is 248 g/mol. The molecule has 0 N–H and O–H groups in total. The lowest BCUT2D eigenvalue weighted by molar-refractivity contribution is 0.0984. The highest BCUT2D eigenvalue weighted by Gasteiger charge is 2.24. The summed E-state index contributed by atoms with van der Waals surface area (Å²) in [5, 5.41) is 0. The van der Waals surface area contributed by atoms with Crippen LogP contribution in [0.5, 0.6) is 0 Å². The molecule has 1 atom stereocenters. The molecule has 0 spiro atoms.